The molecule has 0 spiro atoms. The van der Waals surface area contributed by atoms with Gasteiger partial charge in [-0.2, -0.15) is 0 Å². The summed E-state index contributed by atoms with van der Waals surface area (Å²) in [7, 11) is -2.51. The van der Waals surface area contributed by atoms with E-state index in [0.29, 0.717) is 28.7 Å². The highest BCUT2D eigenvalue weighted by molar-refractivity contribution is 7.92. The molecule has 0 fully saturated rings. The molecular formula is C26H25N3O4S. The molecule has 1 heterocycles. The third-order valence-electron chi connectivity index (χ3n) is 5.29. The van der Waals surface area contributed by atoms with Crippen LogP contribution in [-0.4, -0.2) is 20.5 Å². The Bertz CT molecular complexity index is 1420. The number of rotatable bonds is 8. The highest BCUT2D eigenvalue weighted by atomic mass is 32.2. The summed E-state index contributed by atoms with van der Waals surface area (Å²) in [5.74, 6) is 1.12. The van der Waals surface area contributed by atoms with E-state index in [1.54, 1.807) is 18.3 Å². The van der Waals surface area contributed by atoms with Gasteiger partial charge in [0.2, 0.25) is 5.89 Å². The van der Waals surface area contributed by atoms with Crippen molar-refractivity contribution in [3.8, 4) is 17.1 Å². The van der Waals surface area contributed by atoms with Gasteiger partial charge in [0.15, 0.2) is 5.76 Å². The third kappa shape index (κ3) is 4.82. The van der Waals surface area contributed by atoms with E-state index in [1.807, 2.05) is 62.4 Å². The van der Waals surface area contributed by atoms with Crippen LogP contribution in [0.1, 0.15) is 17.0 Å². The van der Waals surface area contributed by atoms with Crippen molar-refractivity contribution < 1.29 is 17.6 Å². The molecule has 0 amide bonds. The molecule has 0 unspecified atom stereocenters. The number of methoxy groups -OCH3 is 1. The summed E-state index contributed by atoms with van der Waals surface area (Å²) < 4.78 is 40.4. The van der Waals surface area contributed by atoms with Gasteiger partial charge in [0.05, 0.1) is 24.7 Å². The van der Waals surface area contributed by atoms with Crippen LogP contribution in [0.25, 0.3) is 17.0 Å². The number of hydrogen-bond donors (Lipinski definition) is 2. The molecule has 1 aromatic heterocycles. The van der Waals surface area contributed by atoms with Crippen LogP contribution in [0.5, 0.6) is 5.75 Å². The van der Waals surface area contributed by atoms with Gasteiger partial charge in [-0.05, 0) is 43.2 Å². The zero-order valence-corrected chi connectivity index (χ0v) is 19.9. The molecular weight excluding hydrogens is 450 g/mol. The van der Waals surface area contributed by atoms with Gasteiger partial charge in [-0.15, -0.1) is 0 Å². The molecule has 0 saturated carbocycles. The van der Waals surface area contributed by atoms with Crippen LogP contribution in [0.3, 0.4) is 0 Å². The highest BCUT2D eigenvalue weighted by Gasteiger charge is 2.22. The summed E-state index contributed by atoms with van der Waals surface area (Å²) in [6, 6.07) is 19.9. The van der Waals surface area contributed by atoms with Crippen LogP contribution >= 0.6 is 0 Å². The van der Waals surface area contributed by atoms with E-state index in [-0.39, 0.29) is 10.6 Å². The highest BCUT2D eigenvalue weighted by Crippen LogP contribution is 2.32. The normalized spacial score (nSPS) is 11.1. The van der Waals surface area contributed by atoms with E-state index in [0.717, 1.165) is 16.7 Å². The SMILES string of the molecule is C=C(Nc1ccc(OC)c(S(=O)(=O)Nc2c(C)cccc2C)c1)c1ncc(-c2ccccc2)o1. The van der Waals surface area contributed by atoms with Crippen LogP contribution in [0.4, 0.5) is 11.4 Å². The summed E-state index contributed by atoms with van der Waals surface area (Å²) in [5.41, 5.74) is 3.96. The van der Waals surface area contributed by atoms with Crippen molar-refractivity contribution in [3.63, 3.8) is 0 Å². The Morgan fingerprint density at radius 1 is 1.00 bits per heavy atom. The fourth-order valence-electron chi connectivity index (χ4n) is 3.51. The fourth-order valence-corrected chi connectivity index (χ4v) is 4.91. The van der Waals surface area contributed by atoms with Gasteiger partial charge in [-0.1, -0.05) is 55.1 Å². The van der Waals surface area contributed by atoms with E-state index in [9.17, 15) is 8.42 Å². The topological polar surface area (TPSA) is 93.5 Å². The zero-order valence-electron chi connectivity index (χ0n) is 19.1. The predicted octanol–water partition coefficient (Wildman–Crippen LogP) is 5.85. The zero-order chi connectivity index (χ0) is 24.3. The summed E-state index contributed by atoms with van der Waals surface area (Å²) in [4.78, 5) is 4.28. The van der Waals surface area contributed by atoms with Gasteiger partial charge in [-0.3, -0.25) is 4.72 Å². The van der Waals surface area contributed by atoms with Crippen molar-refractivity contribution in [2.45, 2.75) is 18.7 Å². The Morgan fingerprint density at radius 3 is 2.38 bits per heavy atom. The van der Waals surface area contributed by atoms with Gasteiger partial charge in [0.25, 0.3) is 10.0 Å². The maximum atomic E-state index is 13.3. The van der Waals surface area contributed by atoms with Crippen LogP contribution in [0.2, 0.25) is 0 Å². The molecule has 0 radical (unpaired) electrons. The van der Waals surface area contributed by atoms with Gasteiger partial charge in [0.1, 0.15) is 10.6 Å². The Balaban J connectivity index is 1.60. The number of ether oxygens (including phenoxy) is 1. The number of aromatic nitrogens is 1. The molecule has 0 bridgehead atoms. The van der Waals surface area contributed by atoms with Gasteiger partial charge in [-0.25, -0.2) is 13.4 Å². The Morgan fingerprint density at radius 2 is 1.71 bits per heavy atom. The molecule has 2 N–H and O–H groups in total. The first kappa shape index (κ1) is 23.1. The number of nitrogens with zero attached hydrogens (tertiary/aromatic N) is 1. The number of oxazole rings is 1. The molecule has 174 valence electrons. The third-order valence-corrected chi connectivity index (χ3v) is 6.66. The molecule has 34 heavy (non-hydrogen) atoms. The van der Waals surface area contributed by atoms with Crippen molar-refractivity contribution in [3.05, 3.63) is 96.5 Å². The summed E-state index contributed by atoms with van der Waals surface area (Å²) in [6.45, 7) is 7.69. The van der Waals surface area contributed by atoms with Gasteiger partial charge in [0, 0.05) is 11.3 Å². The van der Waals surface area contributed by atoms with E-state index < -0.39 is 10.0 Å². The van der Waals surface area contributed by atoms with Crippen molar-refractivity contribution >= 4 is 27.1 Å². The maximum Gasteiger partial charge on any atom is 0.265 e. The molecule has 7 nitrogen and oxygen atoms in total. The smallest absolute Gasteiger partial charge is 0.265 e. The van der Waals surface area contributed by atoms with E-state index >= 15 is 0 Å². The summed E-state index contributed by atoms with van der Waals surface area (Å²) >= 11 is 0. The monoisotopic (exact) mass is 475 g/mol. The van der Waals surface area contributed by atoms with Crippen molar-refractivity contribution in [1.82, 2.24) is 4.98 Å². The Hall–Kier alpha value is -4.04. The molecule has 0 aliphatic carbocycles. The number of sulfonamides is 1. The minimum absolute atomic E-state index is 0.00664. The first-order chi connectivity index (χ1) is 16.3. The number of hydrogen-bond acceptors (Lipinski definition) is 6. The first-order valence-corrected chi connectivity index (χ1v) is 12.0. The molecule has 4 aromatic rings. The minimum atomic E-state index is -3.94. The first-order valence-electron chi connectivity index (χ1n) is 10.5. The van der Waals surface area contributed by atoms with Crippen LogP contribution in [0, 0.1) is 13.8 Å². The van der Waals surface area contributed by atoms with Crippen molar-refractivity contribution in [2.24, 2.45) is 0 Å². The lowest BCUT2D eigenvalue weighted by Gasteiger charge is -2.16. The number of para-hydroxylation sites is 1. The predicted molar refractivity (Wildman–Crippen MR) is 134 cm³/mol. The molecule has 4 rings (SSSR count). The van der Waals surface area contributed by atoms with E-state index in [1.165, 1.54) is 13.2 Å². The number of benzene rings is 3. The molecule has 3 aromatic carbocycles. The lowest BCUT2D eigenvalue weighted by Crippen LogP contribution is -2.16. The average Bonchev–Trinajstić information content (AvgIpc) is 3.33. The molecule has 0 aliphatic rings. The Labute approximate surface area is 199 Å². The summed E-state index contributed by atoms with van der Waals surface area (Å²) in [5, 5.41) is 3.07. The van der Waals surface area contributed by atoms with Crippen LogP contribution in [0.15, 0.2) is 88.8 Å². The lowest BCUT2D eigenvalue weighted by molar-refractivity contribution is 0.403. The second kappa shape index (κ2) is 9.44. The molecule has 8 heteroatoms. The largest absolute Gasteiger partial charge is 0.495 e. The van der Waals surface area contributed by atoms with Gasteiger partial charge < -0.3 is 14.5 Å². The van der Waals surface area contributed by atoms with Crippen molar-refractivity contribution in [1.29, 1.82) is 0 Å². The molecule has 0 atom stereocenters. The van der Waals surface area contributed by atoms with Crippen LogP contribution in [-0.2, 0) is 10.0 Å². The summed E-state index contributed by atoms with van der Waals surface area (Å²) in [6.07, 6.45) is 1.62. The molecule has 0 aliphatic heterocycles. The quantitative estimate of drug-likeness (QED) is 0.332. The number of anilines is 2. The minimum Gasteiger partial charge on any atom is -0.495 e. The second-order valence-corrected chi connectivity index (χ2v) is 9.39. The van der Waals surface area contributed by atoms with E-state index in [2.05, 4.69) is 21.6 Å². The Kier molecular flexibility index (Phi) is 6.43. The number of nitrogens with one attached hydrogen (secondary N) is 2. The van der Waals surface area contributed by atoms with Crippen molar-refractivity contribution in [2.75, 3.05) is 17.1 Å². The standard InChI is InChI=1S/C26H25N3O4S/c1-17-9-8-10-18(2)25(17)29-34(30,31)24-15-21(13-14-22(24)32-4)28-19(3)26-27-16-23(33-26)20-11-6-5-7-12-20/h5-16,28-29H,3H2,1-2,4H3. The average molecular weight is 476 g/mol. The molecule has 0 saturated heterocycles. The van der Waals surface area contributed by atoms with Crippen LogP contribution < -0.4 is 14.8 Å². The van der Waals surface area contributed by atoms with Gasteiger partial charge >= 0.3 is 0 Å². The second-order valence-electron chi connectivity index (χ2n) is 7.74. The fraction of sp³-hybridized carbons (Fsp3) is 0.115. The lowest BCUT2D eigenvalue weighted by atomic mass is 10.1. The maximum absolute atomic E-state index is 13.3. The van der Waals surface area contributed by atoms with E-state index in [4.69, 9.17) is 9.15 Å². The number of aryl methyl sites for hydroxylation is 2.